The van der Waals surface area contributed by atoms with Gasteiger partial charge in [0.1, 0.15) is 18.3 Å². The number of nitrogens with two attached hydrogens (primary N) is 1. The Hall–Kier alpha value is -2.05. The third-order valence-corrected chi connectivity index (χ3v) is 2.20. The van der Waals surface area contributed by atoms with Gasteiger partial charge in [-0.2, -0.15) is 13.2 Å². The number of hydrogen-bond donors (Lipinski definition) is 1. The fraction of sp³-hybridized carbons (Fsp3) is 0.200. The first-order valence-corrected chi connectivity index (χ1v) is 4.75. The fourth-order valence-corrected chi connectivity index (χ4v) is 1.30. The largest absolute Gasteiger partial charge is 0.417 e. The van der Waals surface area contributed by atoms with Gasteiger partial charge in [0.15, 0.2) is 0 Å². The van der Waals surface area contributed by atoms with E-state index >= 15 is 0 Å². The van der Waals surface area contributed by atoms with Crippen LogP contribution in [0.25, 0.3) is 0 Å². The number of alkyl halides is 3. The van der Waals surface area contributed by atoms with Crippen molar-refractivity contribution in [2.45, 2.75) is 6.18 Å². The van der Waals surface area contributed by atoms with E-state index in [1.165, 1.54) is 6.07 Å². The van der Waals surface area contributed by atoms with Crippen LogP contribution in [-0.2, 0) is 6.18 Å². The summed E-state index contributed by atoms with van der Waals surface area (Å²) in [5.41, 5.74) is 4.65. The molecule has 0 saturated carbocycles. The summed E-state index contributed by atoms with van der Waals surface area (Å²) in [7, 11) is 0. The molecule has 0 saturated heterocycles. The molecule has 1 aliphatic rings. The van der Waals surface area contributed by atoms with E-state index in [1.54, 1.807) is 17.2 Å². The molecule has 0 radical (unpaired) electrons. The topological polar surface area (TPSA) is 54.5 Å². The van der Waals surface area contributed by atoms with Gasteiger partial charge in [0.05, 0.1) is 5.56 Å². The van der Waals surface area contributed by atoms with E-state index < -0.39 is 11.7 Å². The number of anilines is 1. The monoisotopic (exact) mass is 242 g/mol. The number of aliphatic imine (C=N–C) groups is 1. The highest BCUT2D eigenvalue weighted by molar-refractivity contribution is 5.92. The Morgan fingerprint density at radius 2 is 2.06 bits per heavy atom. The quantitative estimate of drug-likeness (QED) is 0.816. The van der Waals surface area contributed by atoms with Crippen LogP contribution in [0, 0.1) is 0 Å². The first kappa shape index (κ1) is 11.4. The Labute approximate surface area is 95.3 Å². The molecule has 0 aromatic carbocycles. The molecule has 2 N–H and O–H groups in total. The summed E-state index contributed by atoms with van der Waals surface area (Å²) in [6.07, 6.45) is -0.391. The number of amidine groups is 1. The van der Waals surface area contributed by atoms with E-state index in [9.17, 15) is 13.2 Å². The van der Waals surface area contributed by atoms with Crippen LogP contribution in [0.4, 0.5) is 19.0 Å². The number of pyridine rings is 1. The third-order valence-electron chi connectivity index (χ3n) is 2.20. The lowest BCUT2D eigenvalue weighted by Crippen LogP contribution is -2.25. The first-order valence-electron chi connectivity index (χ1n) is 4.75. The molecule has 0 aliphatic carbocycles. The number of halogens is 3. The maximum Gasteiger partial charge on any atom is 0.417 e. The van der Waals surface area contributed by atoms with E-state index in [4.69, 9.17) is 5.73 Å². The van der Waals surface area contributed by atoms with Crippen molar-refractivity contribution in [2.75, 3.05) is 11.6 Å². The SMILES string of the molecule is NC1=NCN(c2ccc(C(F)(F)F)cn2)C=C1. The molecule has 2 heterocycles. The lowest BCUT2D eigenvalue weighted by atomic mass is 10.2. The molecule has 1 aromatic rings. The molecular weight excluding hydrogens is 233 g/mol. The summed E-state index contributed by atoms with van der Waals surface area (Å²) in [4.78, 5) is 9.26. The molecule has 0 unspecified atom stereocenters. The predicted octanol–water partition coefficient (Wildman–Crippen LogP) is 1.75. The van der Waals surface area contributed by atoms with Crippen molar-refractivity contribution >= 4 is 11.7 Å². The lowest BCUT2D eigenvalue weighted by molar-refractivity contribution is -0.137. The summed E-state index contributed by atoms with van der Waals surface area (Å²) in [5, 5.41) is 0. The smallest absolute Gasteiger partial charge is 0.384 e. The third kappa shape index (κ3) is 2.55. The second-order valence-electron chi connectivity index (χ2n) is 3.41. The van der Waals surface area contributed by atoms with Gasteiger partial charge in [0.25, 0.3) is 0 Å². The zero-order valence-electron chi connectivity index (χ0n) is 8.65. The lowest BCUT2D eigenvalue weighted by Gasteiger charge is -2.20. The predicted molar refractivity (Wildman–Crippen MR) is 57.3 cm³/mol. The van der Waals surface area contributed by atoms with Crippen LogP contribution in [0.5, 0.6) is 0 Å². The van der Waals surface area contributed by atoms with Gasteiger partial charge in [-0.25, -0.2) is 9.98 Å². The Kier molecular flexibility index (Phi) is 2.74. The van der Waals surface area contributed by atoms with Gasteiger partial charge in [0, 0.05) is 12.4 Å². The average Bonchev–Trinajstić information content (AvgIpc) is 2.29. The summed E-state index contributed by atoms with van der Waals surface area (Å²) >= 11 is 0. The van der Waals surface area contributed by atoms with Crippen molar-refractivity contribution in [1.82, 2.24) is 4.98 Å². The highest BCUT2D eigenvalue weighted by atomic mass is 19.4. The second kappa shape index (κ2) is 4.08. The van der Waals surface area contributed by atoms with Crippen LogP contribution in [-0.4, -0.2) is 17.5 Å². The zero-order chi connectivity index (χ0) is 12.5. The van der Waals surface area contributed by atoms with Crippen LogP contribution in [0.15, 0.2) is 35.6 Å². The minimum Gasteiger partial charge on any atom is -0.384 e. The van der Waals surface area contributed by atoms with Gasteiger partial charge in [-0.3, -0.25) is 0 Å². The standard InChI is InChI=1S/C10H9F3N4/c11-10(12,13)7-1-2-9(15-5-7)17-4-3-8(14)16-6-17/h1-5H,6H2,(H2,14,16). The van der Waals surface area contributed by atoms with Crippen LogP contribution in [0.2, 0.25) is 0 Å². The molecule has 90 valence electrons. The summed E-state index contributed by atoms with van der Waals surface area (Å²) in [5.74, 6) is 0.777. The molecular formula is C10H9F3N4. The van der Waals surface area contributed by atoms with Crippen molar-refractivity contribution in [3.8, 4) is 0 Å². The van der Waals surface area contributed by atoms with Crippen molar-refractivity contribution in [3.05, 3.63) is 36.2 Å². The van der Waals surface area contributed by atoms with Gasteiger partial charge >= 0.3 is 6.18 Å². The molecule has 0 fully saturated rings. The molecule has 7 heteroatoms. The molecule has 1 aromatic heterocycles. The Balaban J connectivity index is 2.17. The second-order valence-corrected chi connectivity index (χ2v) is 3.41. The first-order chi connectivity index (χ1) is 7.97. The maximum atomic E-state index is 12.3. The maximum absolute atomic E-state index is 12.3. The number of hydrogen-bond acceptors (Lipinski definition) is 4. The van der Waals surface area contributed by atoms with Crippen LogP contribution < -0.4 is 10.6 Å². The Morgan fingerprint density at radius 1 is 1.29 bits per heavy atom. The van der Waals surface area contributed by atoms with E-state index in [0.717, 1.165) is 12.3 Å². The molecule has 0 spiro atoms. The van der Waals surface area contributed by atoms with Gasteiger partial charge in [-0.05, 0) is 18.2 Å². The summed E-state index contributed by atoms with van der Waals surface area (Å²) in [6, 6.07) is 2.28. The average molecular weight is 242 g/mol. The number of aromatic nitrogens is 1. The van der Waals surface area contributed by atoms with Gasteiger partial charge in [-0.1, -0.05) is 0 Å². The molecule has 0 amide bonds. The van der Waals surface area contributed by atoms with E-state index in [-0.39, 0.29) is 6.67 Å². The molecule has 1 aliphatic heterocycles. The zero-order valence-corrected chi connectivity index (χ0v) is 8.65. The van der Waals surface area contributed by atoms with E-state index in [2.05, 4.69) is 9.98 Å². The highest BCUT2D eigenvalue weighted by Gasteiger charge is 2.30. The summed E-state index contributed by atoms with van der Waals surface area (Å²) in [6.45, 7) is 0.251. The van der Waals surface area contributed by atoms with Crippen LogP contribution in [0.1, 0.15) is 5.56 Å². The Bertz CT molecular complexity index is 461. The molecule has 17 heavy (non-hydrogen) atoms. The number of nitrogens with zero attached hydrogens (tertiary/aromatic N) is 3. The van der Waals surface area contributed by atoms with E-state index in [0.29, 0.717) is 11.7 Å². The van der Waals surface area contributed by atoms with Gasteiger partial charge in [0.2, 0.25) is 0 Å². The van der Waals surface area contributed by atoms with Crippen LogP contribution in [0.3, 0.4) is 0 Å². The minimum absolute atomic E-state index is 0.251. The van der Waals surface area contributed by atoms with Crippen molar-refractivity contribution in [1.29, 1.82) is 0 Å². The molecule has 0 bridgehead atoms. The number of rotatable bonds is 1. The fourth-order valence-electron chi connectivity index (χ4n) is 1.30. The molecule has 2 rings (SSSR count). The van der Waals surface area contributed by atoms with E-state index in [1.807, 2.05) is 0 Å². The normalized spacial score (nSPS) is 15.9. The van der Waals surface area contributed by atoms with Gasteiger partial charge in [-0.15, -0.1) is 0 Å². The Morgan fingerprint density at radius 3 is 2.53 bits per heavy atom. The summed E-state index contributed by atoms with van der Waals surface area (Å²) < 4.78 is 36.9. The minimum atomic E-state index is -4.37. The van der Waals surface area contributed by atoms with Crippen molar-refractivity contribution in [2.24, 2.45) is 10.7 Å². The van der Waals surface area contributed by atoms with Crippen molar-refractivity contribution < 1.29 is 13.2 Å². The van der Waals surface area contributed by atoms with Crippen molar-refractivity contribution in [3.63, 3.8) is 0 Å². The van der Waals surface area contributed by atoms with Crippen LogP contribution >= 0.6 is 0 Å². The molecule has 0 atom stereocenters. The highest BCUT2D eigenvalue weighted by Crippen LogP contribution is 2.29. The molecule has 4 nitrogen and oxygen atoms in total. The van der Waals surface area contributed by atoms with Gasteiger partial charge < -0.3 is 10.6 Å².